The molecule has 0 aromatic heterocycles. The second-order valence-electron chi connectivity index (χ2n) is 2.91. The number of carbonyl (C=O) groups excluding carboxylic acids is 3. The van der Waals surface area contributed by atoms with Gasteiger partial charge in [0.15, 0.2) is 0 Å². The summed E-state index contributed by atoms with van der Waals surface area (Å²) in [6, 6.07) is 0. The lowest BCUT2D eigenvalue weighted by Gasteiger charge is -2.05. The molecule has 96 valence electrons. The molecule has 0 atom stereocenters. The van der Waals surface area contributed by atoms with Gasteiger partial charge in [-0.25, -0.2) is 4.79 Å². The summed E-state index contributed by atoms with van der Waals surface area (Å²) in [6.45, 7) is -1.72. The number of nitrogens with two attached hydrogens (primary N) is 1. The molecule has 0 radical (unpaired) electrons. The largest absolute Gasteiger partial charge is 0.480 e. The topological polar surface area (TPSA) is 148 Å². The van der Waals surface area contributed by atoms with Gasteiger partial charge in [-0.05, 0) is 0 Å². The van der Waals surface area contributed by atoms with Crippen molar-refractivity contribution in [1.82, 2.24) is 10.6 Å². The third-order valence-electron chi connectivity index (χ3n) is 1.36. The van der Waals surface area contributed by atoms with Crippen LogP contribution in [0.2, 0.25) is 0 Å². The number of carbonyl (C=O) groups is 4. The number of carboxylic acids is 1. The molecule has 0 saturated heterocycles. The van der Waals surface area contributed by atoms with E-state index in [0.29, 0.717) is 0 Å². The van der Waals surface area contributed by atoms with E-state index in [0.717, 1.165) is 0 Å². The quantitative estimate of drug-likeness (QED) is 0.355. The van der Waals surface area contributed by atoms with Gasteiger partial charge in [0.1, 0.15) is 13.2 Å². The first-order valence-corrected chi connectivity index (χ1v) is 4.53. The van der Waals surface area contributed by atoms with Crippen molar-refractivity contribution in [3.63, 3.8) is 0 Å². The van der Waals surface area contributed by atoms with Gasteiger partial charge in [-0.3, -0.25) is 14.4 Å². The van der Waals surface area contributed by atoms with Crippen molar-refractivity contribution in [3.05, 3.63) is 0 Å². The molecule has 0 fully saturated rings. The second kappa shape index (κ2) is 8.05. The van der Waals surface area contributed by atoms with Crippen molar-refractivity contribution in [2.24, 2.45) is 5.73 Å². The van der Waals surface area contributed by atoms with Gasteiger partial charge in [0.25, 0.3) is 0 Å². The molecule has 9 heteroatoms. The van der Waals surface area contributed by atoms with Gasteiger partial charge in [0.05, 0.1) is 13.1 Å². The summed E-state index contributed by atoms with van der Waals surface area (Å²) >= 11 is 0. The van der Waals surface area contributed by atoms with Crippen LogP contribution >= 0.6 is 0 Å². The minimum absolute atomic E-state index is 0.315. The van der Waals surface area contributed by atoms with Crippen molar-refractivity contribution < 1.29 is 29.0 Å². The Bertz CT molecular complexity index is 316. The summed E-state index contributed by atoms with van der Waals surface area (Å²) < 4.78 is 4.47. The zero-order chi connectivity index (χ0) is 13.3. The van der Waals surface area contributed by atoms with Crippen LogP contribution in [0.4, 0.5) is 0 Å². The molecular weight excluding hydrogens is 234 g/mol. The Labute approximate surface area is 96.3 Å². The minimum Gasteiger partial charge on any atom is -0.480 e. The lowest BCUT2D eigenvalue weighted by atomic mass is 10.5. The molecule has 0 aliphatic rings. The fourth-order valence-electron chi connectivity index (χ4n) is 0.709. The second-order valence-corrected chi connectivity index (χ2v) is 2.91. The fourth-order valence-corrected chi connectivity index (χ4v) is 0.709. The normalized spacial score (nSPS) is 9.41. The Kier molecular flexibility index (Phi) is 7.02. The Balaban J connectivity index is 3.59. The molecule has 9 nitrogen and oxygen atoms in total. The van der Waals surface area contributed by atoms with Gasteiger partial charge in [0.2, 0.25) is 17.7 Å². The number of aliphatic carboxylic acids is 1. The average molecular weight is 247 g/mol. The Hall–Kier alpha value is -2.16. The molecule has 0 bridgehead atoms. The number of carboxylic acid groups (broad SMARTS) is 1. The molecular formula is C8H13N3O6. The molecule has 0 aromatic carbocycles. The van der Waals surface area contributed by atoms with Crippen LogP contribution in [-0.2, 0) is 23.9 Å². The first-order valence-electron chi connectivity index (χ1n) is 4.53. The molecule has 0 saturated carbocycles. The predicted octanol–water partition coefficient (Wildman–Crippen LogP) is -3.19. The molecule has 0 aliphatic carbocycles. The average Bonchev–Trinajstić information content (AvgIpc) is 2.23. The van der Waals surface area contributed by atoms with Gasteiger partial charge < -0.3 is 26.2 Å². The first-order chi connectivity index (χ1) is 7.91. The van der Waals surface area contributed by atoms with Crippen LogP contribution in [0.25, 0.3) is 0 Å². The van der Waals surface area contributed by atoms with Crippen LogP contribution in [0.15, 0.2) is 0 Å². The van der Waals surface area contributed by atoms with E-state index in [4.69, 9.17) is 10.8 Å². The third kappa shape index (κ3) is 10.1. The lowest BCUT2D eigenvalue weighted by molar-refractivity contribution is -0.143. The summed E-state index contributed by atoms with van der Waals surface area (Å²) in [5, 5.41) is 12.5. The zero-order valence-electron chi connectivity index (χ0n) is 8.89. The van der Waals surface area contributed by atoms with Gasteiger partial charge in [-0.1, -0.05) is 0 Å². The van der Waals surface area contributed by atoms with E-state index >= 15 is 0 Å². The number of amides is 3. The monoisotopic (exact) mass is 247 g/mol. The molecule has 0 unspecified atom stereocenters. The van der Waals surface area contributed by atoms with Crippen LogP contribution in [0, 0.1) is 0 Å². The zero-order valence-corrected chi connectivity index (χ0v) is 8.89. The summed E-state index contributed by atoms with van der Waals surface area (Å²) in [7, 11) is 0. The van der Waals surface area contributed by atoms with Crippen molar-refractivity contribution in [2.45, 2.75) is 0 Å². The highest BCUT2D eigenvalue weighted by atomic mass is 16.5. The highest BCUT2D eigenvalue weighted by Gasteiger charge is 2.07. The van der Waals surface area contributed by atoms with Gasteiger partial charge in [0, 0.05) is 0 Å². The number of ether oxygens (including phenoxy) is 1. The molecule has 0 aromatic rings. The minimum atomic E-state index is -1.20. The van der Waals surface area contributed by atoms with Crippen LogP contribution in [-0.4, -0.2) is 55.1 Å². The summed E-state index contributed by atoms with van der Waals surface area (Å²) in [6.07, 6.45) is 0. The summed E-state index contributed by atoms with van der Waals surface area (Å²) in [5.41, 5.74) is 4.77. The molecule has 0 spiro atoms. The molecule has 0 aliphatic heterocycles. The maximum absolute atomic E-state index is 11.0. The highest BCUT2D eigenvalue weighted by Crippen LogP contribution is 1.76. The fraction of sp³-hybridized carbons (Fsp3) is 0.500. The molecule has 0 rings (SSSR count). The van der Waals surface area contributed by atoms with Gasteiger partial charge in [-0.15, -0.1) is 0 Å². The van der Waals surface area contributed by atoms with E-state index in [9.17, 15) is 19.2 Å². The third-order valence-corrected chi connectivity index (χ3v) is 1.36. The molecule has 5 N–H and O–H groups in total. The van der Waals surface area contributed by atoms with E-state index in [1.807, 2.05) is 0 Å². The SMILES string of the molecule is NC(=O)CNC(=O)CNC(=O)COCC(=O)O. The Morgan fingerprint density at radius 3 is 2.12 bits per heavy atom. The van der Waals surface area contributed by atoms with Crippen LogP contribution in [0.3, 0.4) is 0 Å². The standard InChI is InChI=1S/C8H13N3O6/c9-5(12)1-10-6(13)2-11-7(14)3-17-4-8(15)16/h1-4H2,(H2,9,12)(H,10,13)(H,11,14)(H,15,16). The van der Waals surface area contributed by atoms with Crippen LogP contribution in [0.5, 0.6) is 0 Å². The van der Waals surface area contributed by atoms with Crippen molar-refractivity contribution in [3.8, 4) is 0 Å². The summed E-state index contributed by atoms with van der Waals surface area (Å²) in [4.78, 5) is 42.3. The maximum atomic E-state index is 11.0. The van der Waals surface area contributed by atoms with E-state index in [-0.39, 0.29) is 13.1 Å². The Morgan fingerprint density at radius 1 is 1.00 bits per heavy atom. The predicted molar refractivity (Wildman–Crippen MR) is 53.7 cm³/mol. The van der Waals surface area contributed by atoms with Gasteiger partial charge >= 0.3 is 5.97 Å². The smallest absolute Gasteiger partial charge is 0.329 e. The molecule has 17 heavy (non-hydrogen) atoms. The number of hydrogen-bond acceptors (Lipinski definition) is 5. The number of hydrogen-bond donors (Lipinski definition) is 4. The number of nitrogens with one attached hydrogen (secondary N) is 2. The van der Waals surface area contributed by atoms with E-state index in [2.05, 4.69) is 15.4 Å². The van der Waals surface area contributed by atoms with E-state index < -0.39 is 36.9 Å². The van der Waals surface area contributed by atoms with Crippen LogP contribution in [0.1, 0.15) is 0 Å². The highest BCUT2D eigenvalue weighted by molar-refractivity contribution is 5.88. The Morgan fingerprint density at radius 2 is 1.59 bits per heavy atom. The summed E-state index contributed by atoms with van der Waals surface area (Å²) in [5.74, 6) is -3.12. The van der Waals surface area contributed by atoms with E-state index in [1.165, 1.54) is 0 Å². The van der Waals surface area contributed by atoms with Crippen LogP contribution < -0.4 is 16.4 Å². The lowest BCUT2D eigenvalue weighted by Crippen LogP contribution is -2.41. The number of primary amides is 1. The maximum Gasteiger partial charge on any atom is 0.329 e. The van der Waals surface area contributed by atoms with E-state index in [1.54, 1.807) is 0 Å². The number of rotatable bonds is 8. The van der Waals surface area contributed by atoms with Crippen molar-refractivity contribution >= 4 is 23.7 Å². The van der Waals surface area contributed by atoms with Gasteiger partial charge in [-0.2, -0.15) is 0 Å². The molecule has 0 heterocycles. The molecule has 3 amide bonds. The van der Waals surface area contributed by atoms with Crippen molar-refractivity contribution in [2.75, 3.05) is 26.3 Å². The first kappa shape index (κ1) is 14.8. The van der Waals surface area contributed by atoms with Crippen molar-refractivity contribution in [1.29, 1.82) is 0 Å².